The Morgan fingerprint density at radius 3 is 2.94 bits per heavy atom. The normalized spacial score (nSPS) is 21.4. The van der Waals surface area contributed by atoms with Crippen LogP contribution in [0.4, 0.5) is 0 Å². The Morgan fingerprint density at radius 2 is 2.24 bits per heavy atom. The van der Waals surface area contributed by atoms with Crippen molar-refractivity contribution >= 4 is 5.97 Å². The predicted molar refractivity (Wildman–Crippen MR) is 68.8 cm³/mol. The lowest BCUT2D eigenvalue weighted by atomic mass is 10.1. The molecular weight excluding hydrogens is 216 g/mol. The number of hydrogen-bond acceptors (Lipinski definition) is 4. The largest absolute Gasteiger partial charge is 0.466 e. The number of piperidine rings is 1. The number of esters is 1. The van der Waals surface area contributed by atoms with Crippen molar-refractivity contribution in [3.63, 3.8) is 0 Å². The van der Waals surface area contributed by atoms with Gasteiger partial charge in [-0.1, -0.05) is 6.42 Å². The van der Waals surface area contributed by atoms with Crippen LogP contribution >= 0.6 is 0 Å². The molecule has 4 heteroatoms. The first-order chi connectivity index (χ1) is 8.22. The van der Waals surface area contributed by atoms with Crippen molar-refractivity contribution in [3.05, 3.63) is 0 Å². The Balaban J connectivity index is 1.95. The molecule has 0 saturated carbocycles. The highest BCUT2D eigenvalue weighted by Gasteiger charge is 2.15. The van der Waals surface area contributed by atoms with Crippen LogP contribution in [0.1, 0.15) is 45.4 Å². The third-order valence-corrected chi connectivity index (χ3v) is 3.20. The number of carbonyl (C=O) groups is 1. The minimum atomic E-state index is -0.0625. The highest BCUT2D eigenvalue weighted by molar-refractivity contribution is 5.69. The number of hydrogen-bond donors (Lipinski definition) is 1. The van der Waals surface area contributed by atoms with Gasteiger partial charge >= 0.3 is 5.97 Å². The van der Waals surface area contributed by atoms with Gasteiger partial charge in [0.25, 0.3) is 0 Å². The maximum absolute atomic E-state index is 11.1. The molecule has 17 heavy (non-hydrogen) atoms. The van der Waals surface area contributed by atoms with Crippen LogP contribution in [0.15, 0.2) is 0 Å². The van der Waals surface area contributed by atoms with Crippen molar-refractivity contribution in [3.8, 4) is 0 Å². The molecule has 100 valence electrons. The topological polar surface area (TPSA) is 55.6 Å². The lowest BCUT2D eigenvalue weighted by Crippen LogP contribution is -2.43. The lowest BCUT2D eigenvalue weighted by molar-refractivity contribution is -0.143. The van der Waals surface area contributed by atoms with E-state index >= 15 is 0 Å². The second-order valence-electron chi connectivity index (χ2n) is 4.82. The van der Waals surface area contributed by atoms with E-state index in [2.05, 4.69) is 4.90 Å². The first-order valence-electron chi connectivity index (χ1n) is 6.86. The van der Waals surface area contributed by atoms with Crippen LogP contribution in [0.3, 0.4) is 0 Å². The fourth-order valence-corrected chi connectivity index (χ4v) is 2.31. The first kappa shape index (κ1) is 14.5. The SMILES string of the molecule is CCOC(=O)CCCCCN1CCC[C@@H](N)C1. The zero-order valence-corrected chi connectivity index (χ0v) is 11.0. The molecule has 1 aliphatic heterocycles. The van der Waals surface area contributed by atoms with Crippen molar-refractivity contribution in [1.29, 1.82) is 0 Å². The summed E-state index contributed by atoms with van der Waals surface area (Å²) in [5.74, 6) is -0.0625. The number of nitrogens with zero attached hydrogens (tertiary/aromatic N) is 1. The maximum Gasteiger partial charge on any atom is 0.305 e. The molecule has 0 bridgehead atoms. The number of likely N-dealkylation sites (tertiary alicyclic amines) is 1. The summed E-state index contributed by atoms with van der Waals surface area (Å²) in [4.78, 5) is 13.5. The van der Waals surface area contributed by atoms with Gasteiger partial charge in [-0.2, -0.15) is 0 Å². The third kappa shape index (κ3) is 6.64. The van der Waals surface area contributed by atoms with Gasteiger partial charge in [-0.3, -0.25) is 4.79 Å². The molecule has 1 fully saturated rings. The molecule has 4 nitrogen and oxygen atoms in total. The van der Waals surface area contributed by atoms with Gasteiger partial charge in [0.05, 0.1) is 6.61 Å². The number of ether oxygens (including phenoxy) is 1. The number of nitrogens with two attached hydrogens (primary N) is 1. The molecule has 1 aliphatic rings. The van der Waals surface area contributed by atoms with Crippen LogP contribution in [-0.4, -0.2) is 43.2 Å². The molecule has 0 aromatic rings. The van der Waals surface area contributed by atoms with Gasteiger partial charge in [-0.25, -0.2) is 0 Å². The third-order valence-electron chi connectivity index (χ3n) is 3.20. The average Bonchev–Trinajstić information content (AvgIpc) is 2.29. The second-order valence-corrected chi connectivity index (χ2v) is 4.82. The van der Waals surface area contributed by atoms with Crippen molar-refractivity contribution in [1.82, 2.24) is 4.90 Å². The Kier molecular flexibility index (Phi) is 7.21. The molecule has 2 N–H and O–H groups in total. The van der Waals surface area contributed by atoms with Gasteiger partial charge in [-0.05, 0) is 45.7 Å². The van der Waals surface area contributed by atoms with E-state index in [1.807, 2.05) is 6.92 Å². The van der Waals surface area contributed by atoms with Crippen molar-refractivity contribution in [2.24, 2.45) is 5.73 Å². The predicted octanol–water partition coefficient (Wildman–Crippen LogP) is 1.53. The molecule has 0 aromatic carbocycles. The van der Waals surface area contributed by atoms with Crippen LogP contribution in [0, 0.1) is 0 Å². The summed E-state index contributed by atoms with van der Waals surface area (Å²) in [6, 6.07) is 0.364. The van der Waals surface area contributed by atoms with E-state index in [1.54, 1.807) is 0 Å². The minimum absolute atomic E-state index is 0.0625. The molecule has 0 spiro atoms. The molecule has 1 saturated heterocycles. The van der Waals surface area contributed by atoms with E-state index in [-0.39, 0.29) is 5.97 Å². The Bertz CT molecular complexity index is 221. The highest BCUT2D eigenvalue weighted by atomic mass is 16.5. The summed E-state index contributed by atoms with van der Waals surface area (Å²) in [5, 5.41) is 0. The Morgan fingerprint density at radius 1 is 1.41 bits per heavy atom. The van der Waals surface area contributed by atoms with Crippen LogP contribution in [-0.2, 0) is 9.53 Å². The molecule has 0 radical (unpaired) electrons. The van der Waals surface area contributed by atoms with Gasteiger partial charge < -0.3 is 15.4 Å². The smallest absolute Gasteiger partial charge is 0.305 e. The Hall–Kier alpha value is -0.610. The molecule has 1 rings (SSSR count). The molecule has 1 atom stereocenters. The van der Waals surface area contributed by atoms with E-state index in [1.165, 1.54) is 19.4 Å². The van der Waals surface area contributed by atoms with Gasteiger partial charge in [-0.15, -0.1) is 0 Å². The zero-order valence-electron chi connectivity index (χ0n) is 11.0. The average molecular weight is 242 g/mol. The van der Waals surface area contributed by atoms with Gasteiger partial charge in [0.15, 0.2) is 0 Å². The van der Waals surface area contributed by atoms with Crippen LogP contribution in [0.5, 0.6) is 0 Å². The van der Waals surface area contributed by atoms with Gasteiger partial charge in [0.1, 0.15) is 0 Å². The standard InChI is InChI=1S/C13H26N2O2/c1-2-17-13(16)8-4-3-5-9-15-10-6-7-12(14)11-15/h12H,2-11,14H2,1H3/t12-/m1/s1. The molecule has 1 heterocycles. The zero-order chi connectivity index (χ0) is 12.5. The van der Waals surface area contributed by atoms with Gasteiger partial charge in [0, 0.05) is 19.0 Å². The van der Waals surface area contributed by atoms with Crippen molar-refractivity contribution in [2.75, 3.05) is 26.2 Å². The number of rotatable bonds is 7. The molecule has 0 unspecified atom stereocenters. The fourth-order valence-electron chi connectivity index (χ4n) is 2.31. The van der Waals surface area contributed by atoms with Crippen LogP contribution < -0.4 is 5.73 Å². The molecule has 0 aromatic heterocycles. The second kappa shape index (κ2) is 8.48. The lowest BCUT2D eigenvalue weighted by Gasteiger charge is -2.30. The van der Waals surface area contributed by atoms with Crippen molar-refractivity contribution < 1.29 is 9.53 Å². The monoisotopic (exact) mass is 242 g/mol. The summed E-state index contributed by atoms with van der Waals surface area (Å²) >= 11 is 0. The quantitative estimate of drug-likeness (QED) is 0.543. The van der Waals surface area contributed by atoms with E-state index in [9.17, 15) is 4.79 Å². The number of unbranched alkanes of at least 4 members (excludes halogenated alkanes) is 2. The van der Waals surface area contributed by atoms with E-state index < -0.39 is 0 Å². The Labute approximate surface area is 104 Å². The maximum atomic E-state index is 11.1. The van der Waals surface area contributed by atoms with Crippen LogP contribution in [0.25, 0.3) is 0 Å². The summed E-state index contributed by atoms with van der Waals surface area (Å²) in [6.07, 6.45) is 6.16. The first-order valence-corrected chi connectivity index (χ1v) is 6.86. The van der Waals surface area contributed by atoms with E-state index in [0.717, 1.165) is 32.4 Å². The highest BCUT2D eigenvalue weighted by Crippen LogP contribution is 2.10. The van der Waals surface area contributed by atoms with Gasteiger partial charge in [0.2, 0.25) is 0 Å². The molecule has 0 amide bonds. The van der Waals surface area contributed by atoms with E-state index in [0.29, 0.717) is 19.1 Å². The summed E-state index contributed by atoms with van der Waals surface area (Å²) in [7, 11) is 0. The summed E-state index contributed by atoms with van der Waals surface area (Å²) in [5.41, 5.74) is 5.93. The van der Waals surface area contributed by atoms with E-state index in [4.69, 9.17) is 10.5 Å². The minimum Gasteiger partial charge on any atom is -0.466 e. The summed E-state index contributed by atoms with van der Waals surface area (Å²) in [6.45, 7) is 5.68. The fraction of sp³-hybridized carbons (Fsp3) is 0.923. The van der Waals surface area contributed by atoms with Crippen molar-refractivity contribution in [2.45, 2.75) is 51.5 Å². The molecule has 0 aliphatic carbocycles. The molecular formula is C13H26N2O2. The number of carbonyl (C=O) groups excluding carboxylic acids is 1. The summed E-state index contributed by atoms with van der Waals surface area (Å²) < 4.78 is 4.89. The van der Waals surface area contributed by atoms with Crippen LogP contribution in [0.2, 0.25) is 0 Å².